The molecular weight excluding hydrogens is 274 g/mol. The van der Waals surface area contributed by atoms with Gasteiger partial charge >= 0.3 is 6.03 Å². The second-order valence-electron chi connectivity index (χ2n) is 4.24. The molecule has 0 aliphatic rings. The van der Waals surface area contributed by atoms with Crippen molar-refractivity contribution in [1.82, 2.24) is 15.6 Å². The van der Waals surface area contributed by atoms with Gasteiger partial charge in [-0.05, 0) is 24.6 Å². The minimum atomic E-state index is -0.202. The van der Waals surface area contributed by atoms with Crippen LogP contribution in [0, 0.1) is 6.92 Å². The van der Waals surface area contributed by atoms with Gasteiger partial charge in [0.2, 0.25) is 0 Å². The maximum Gasteiger partial charge on any atom is 0.315 e. The number of ether oxygens (including phenoxy) is 1. The number of nitrogens with one attached hydrogen (secondary N) is 2. The second kappa shape index (κ2) is 6.91. The molecule has 0 radical (unpaired) electrons. The van der Waals surface area contributed by atoms with Crippen LogP contribution in [0.4, 0.5) is 4.79 Å². The number of hydrogen-bond acceptors (Lipinski definition) is 4. The minimum absolute atomic E-state index is 0.202. The Morgan fingerprint density at radius 2 is 1.95 bits per heavy atom. The smallest absolute Gasteiger partial charge is 0.315 e. The Morgan fingerprint density at radius 3 is 2.55 bits per heavy atom. The average molecular weight is 291 g/mol. The van der Waals surface area contributed by atoms with E-state index in [9.17, 15) is 4.79 Å². The first kappa shape index (κ1) is 14.3. The topological polar surface area (TPSA) is 63.2 Å². The summed E-state index contributed by atoms with van der Waals surface area (Å²) in [6.45, 7) is 2.86. The molecule has 106 valence electrons. The Kier molecular flexibility index (Phi) is 4.95. The van der Waals surface area contributed by atoms with Gasteiger partial charge in [-0.25, -0.2) is 9.78 Å². The number of aromatic nitrogens is 1. The molecule has 1 aromatic heterocycles. The third kappa shape index (κ3) is 4.24. The molecule has 2 N–H and O–H groups in total. The first-order chi connectivity index (χ1) is 9.67. The quantitative estimate of drug-likeness (QED) is 0.889. The van der Waals surface area contributed by atoms with E-state index in [1.165, 1.54) is 0 Å². The highest BCUT2D eigenvalue weighted by Gasteiger charge is 2.03. The molecule has 0 aliphatic carbocycles. The summed E-state index contributed by atoms with van der Waals surface area (Å²) in [7, 11) is 1.63. The fraction of sp³-hybridized carbons (Fsp3) is 0.286. The summed E-state index contributed by atoms with van der Waals surface area (Å²) in [5, 5.41) is 8.52. The third-order valence-electron chi connectivity index (χ3n) is 2.71. The standard InChI is InChI=1S/C14H17N3O2S/c1-10-17-12(9-20-10)8-16-14(18)15-7-11-3-5-13(19-2)6-4-11/h3-6,9H,7-8H2,1-2H3,(H2,15,16,18). The zero-order valence-corrected chi connectivity index (χ0v) is 12.3. The van der Waals surface area contributed by atoms with E-state index >= 15 is 0 Å². The fourth-order valence-electron chi connectivity index (χ4n) is 1.65. The SMILES string of the molecule is COc1ccc(CNC(=O)NCc2csc(C)n2)cc1. The predicted molar refractivity (Wildman–Crippen MR) is 78.9 cm³/mol. The van der Waals surface area contributed by atoms with E-state index in [2.05, 4.69) is 15.6 Å². The lowest BCUT2D eigenvalue weighted by Crippen LogP contribution is -2.34. The van der Waals surface area contributed by atoms with Crippen LogP contribution in [0.25, 0.3) is 0 Å². The molecular formula is C14H17N3O2S. The lowest BCUT2D eigenvalue weighted by atomic mass is 10.2. The highest BCUT2D eigenvalue weighted by Crippen LogP contribution is 2.11. The predicted octanol–water partition coefficient (Wildman–Crippen LogP) is 2.46. The molecule has 2 aromatic rings. The van der Waals surface area contributed by atoms with Crippen LogP contribution in [0.15, 0.2) is 29.6 Å². The van der Waals surface area contributed by atoms with Crippen LogP contribution in [0.1, 0.15) is 16.3 Å². The summed E-state index contributed by atoms with van der Waals surface area (Å²) in [6.07, 6.45) is 0. The maximum absolute atomic E-state index is 11.6. The van der Waals surface area contributed by atoms with E-state index in [0.717, 1.165) is 22.0 Å². The molecule has 0 saturated carbocycles. The van der Waals surface area contributed by atoms with Crippen molar-refractivity contribution in [3.05, 3.63) is 45.9 Å². The van der Waals surface area contributed by atoms with Crippen LogP contribution >= 0.6 is 11.3 Å². The van der Waals surface area contributed by atoms with Crippen molar-refractivity contribution in [3.63, 3.8) is 0 Å². The van der Waals surface area contributed by atoms with Crippen molar-refractivity contribution in [2.45, 2.75) is 20.0 Å². The zero-order chi connectivity index (χ0) is 14.4. The van der Waals surface area contributed by atoms with Gasteiger partial charge in [0.15, 0.2) is 0 Å². The van der Waals surface area contributed by atoms with Gasteiger partial charge in [-0.2, -0.15) is 0 Å². The van der Waals surface area contributed by atoms with Gasteiger partial charge in [0, 0.05) is 11.9 Å². The van der Waals surface area contributed by atoms with Crippen molar-refractivity contribution in [1.29, 1.82) is 0 Å². The summed E-state index contributed by atoms with van der Waals surface area (Å²) in [5.41, 5.74) is 1.90. The lowest BCUT2D eigenvalue weighted by molar-refractivity contribution is 0.240. The molecule has 6 heteroatoms. The Balaban J connectivity index is 1.74. The molecule has 0 unspecified atom stereocenters. The second-order valence-corrected chi connectivity index (χ2v) is 5.30. The summed E-state index contributed by atoms with van der Waals surface area (Å²) in [6, 6.07) is 7.37. The molecule has 0 saturated heterocycles. The number of urea groups is 1. The third-order valence-corrected chi connectivity index (χ3v) is 3.53. The van der Waals surface area contributed by atoms with Crippen LogP contribution in [-0.4, -0.2) is 18.1 Å². The van der Waals surface area contributed by atoms with E-state index in [4.69, 9.17) is 4.74 Å². The van der Waals surface area contributed by atoms with Gasteiger partial charge in [-0.15, -0.1) is 11.3 Å². The number of amides is 2. The fourth-order valence-corrected chi connectivity index (χ4v) is 2.26. The van der Waals surface area contributed by atoms with Crippen molar-refractivity contribution in [2.24, 2.45) is 0 Å². The van der Waals surface area contributed by atoms with Gasteiger partial charge in [0.05, 0.1) is 24.4 Å². The summed E-state index contributed by atoms with van der Waals surface area (Å²) in [5.74, 6) is 0.803. The van der Waals surface area contributed by atoms with Crippen LogP contribution in [0.3, 0.4) is 0 Å². The normalized spacial score (nSPS) is 10.1. The number of nitrogens with zero attached hydrogens (tertiary/aromatic N) is 1. The minimum Gasteiger partial charge on any atom is -0.497 e. The van der Waals surface area contributed by atoms with Crippen LogP contribution in [0.2, 0.25) is 0 Å². The highest BCUT2D eigenvalue weighted by atomic mass is 32.1. The maximum atomic E-state index is 11.6. The summed E-state index contributed by atoms with van der Waals surface area (Å²) in [4.78, 5) is 15.9. The van der Waals surface area contributed by atoms with Crippen molar-refractivity contribution >= 4 is 17.4 Å². The zero-order valence-electron chi connectivity index (χ0n) is 11.5. The van der Waals surface area contributed by atoms with Gasteiger partial charge < -0.3 is 15.4 Å². The number of carbonyl (C=O) groups excluding carboxylic acids is 1. The largest absolute Gasteiger partial charge is 0.497 e. The van der Waals surface area contributed by atoms with Gasteiger partial charge in [-0.3, -0.25) is 0 Å². The number of hydrogen-bond donors (Lipinski definition) is 2. The molecule has 2 amide bonds. The Bertz CT molecular complexity index is 566. The number of thiazole rings is 1. The molecule has 20 heavy (non-hydrogen) atoms. The number of benzene rings is 1. The molecule has 1 heterocycles. The summed E-state index contributed by atoms with van der Waals surface area (Å²) >= 11 is 1.58. The van der Waals surface area contributed by atoms with E-state index in [-0.39, 0.29) is 6.03 Å². The van der Waals surface area contributed by atoms with E-state index < -0.39 is 0 Å². The van der Waals surface area contributed by atoms with Crippen molar-refractivity contribution in [2.75, 3.05) is 7.11 Å². The number of carbonyl (C=O) groups is 1. The molecule has 1 aromatic carbocycles. The molecule has 0 aliphatic heterocycles. The number of rotatable bonds is 5. The number of methoxy groups -OCH3 is 1. The van der Waals surface area contributed by atoms with Crippen LogP contribution in [-0.2, 0) is 13.1 Å². The highest BCUT2D eigenvalue weighted by molar-refractivity contribution is 7.09. The number of aryl methyl sites for hydroxylation is 1. The van der Waals surface area contributed by atoms with Crippen molar-refractivity contribution < 1.29 is 9.53 Å². The lowest BCUT2D eigenvalue weighted by Gasteiger charge is -2.07. The Morgan fingerprint density at radius 1 is 1.25 bits per heavy atom. The van der Waals surface area contributed by atoms with E-state index in [1.807, 2.05) is 36.6 Å². The molecule has 5 nitrogen and oxygen atoms in total. The van der Waals surface area contributed by atoms with Gasteiger partial charge in [0.1, 0.15) is 5.75 Å². The van der Waals surface area contributed by atoms with Crippen LogP contribution < -0.4 is 15.4 Å². The Labute approximate surface area is 122 Å². The van der Waals surface area contributed by atoms with Crippen molar-refractivity contribution in [3.8, 4) is 5.75 Å². The van der Waals surface area contributed by atoms with Gasteiger partial charge in [-0.1, -0.05) is 12.1 Å². The first-order valence-electron chi connectivity index (χ1n) is 6.23. The molecule has 0 atom stereocenters. The summed E-state index contributed by atoms with van der Waals surface area (Å²) < 4.78 is 5.08. The van der Waals surface area contributed by atoms with E-state index in [0.29, 0.717) is 13.1 Å². The van der Waals surface area contributed by atoms with Crippen LogP contribution in [0.5, 0.6) is 5.75 Å². The van der Waals surface area contributed by atoms with E-state index in [1.54, 1.807) is 18.4 Å². The first-order valence-corrected chi connectivity index (χ1v) is 7.11. The van der Waals surface area contributed by atoms with Gasteiger partial charge in [0.25, 0.3) is 0 Å². The Hall–Kier alpha value is -2.08. The monoisotopic (exact) mass is 291 g/mol. The molecule has 0 fully saturated rings. The molecule has 0 spiro atoms. The average Bonchev–Trinajstić information content (AvgIpc) is 2.89. The molecule has 0 bridgehead atoms. The molecule has 2 rings (SSSR count).